The van der Waals surface area contributed by atoms with Gasteiger partial charge in [-0.2, -0.15) is 0 Å². The number of hydrogen-bond acceptors (Lipinski definition) is 5. The molecule has 1 aliphatic heterocycles. The normalized spacial score (nSPS) is 14.9. The van der Waals surface area contributed by atoms with E-state index in [1.165, 1.54) is 34.4 Å². The summed E-state index contributed by atoms with van der Waals surface area (Å²) in [7, 11) is 0. The van der Waals surface area contributed by atoms with Crippen LogP contribution in [0.5, 0.6) is 0 Å². The Labute approximate surface area is 138 Å². The molecule has 1 fully saturated rings. The van der Waals surface area contributed by atoms with Crippen molar-refractivity contribution in [1.29, 1.82) is 0 Å². The summed E-state index contributed by atoms with van der Waals surface area (Å²) in [6, 6.07) is 8.67. The Hall–Kier alpha value is -1.59. The number of fused-ring (bicyclic) bond motifs is 1. The molecular weight excluding hydrogens is 310 g/mol. The second kappa shape index (κ2) is 5.89. The number of aryl methyl sites for hydroxylation is 1. The van der Waals surface area contributed by atoms with E-state index >= 15 is 0 Å². The Morgan fingerprint density at radius 1 is 1.14 bits per heavy atom. The lowest BCUT2D eigenvalue weighted by atomic mass is 10.3. The maximum Gasteiger partial charge on any atom is 0.128 e. The smallest absolute Gasteiger partial charge is 0.128 e. The van der Waals surface area contributed by atoms with Crippen molar-refractivity contribution in [3.8, 4) is 0 Å². The minimum Gasteiger partial charge on any atom is -0.371 e. The Kier molecular flexibility index (Phi) is 3.76. The first-order chi connectivity index (χ1) is 10.8. The van der Waals surface area contributed by atoms with Crippen molar-refractivity contribution < 1.29 is 0 Å². The van der Waals surface area contributed by atoms with Crippen molar-refractivity contribution in [3.63, 3.8) is 0 Å². The van der Waals surface area contributed by atoms with Gasteiger partial charge in [0.2, 0.25) is 0 Å². The van der Waals surface area contributed by atoms with E-state index in [-0.39, 0.29) is 0 Å². The fraction of sp³-hybridized carbons (Fsp3) is 0.294. The van der Waals surface area contributed by atoms with Crippen molar-refractivity contribution in [2.45, 2.75) is 29.7 Å². The van der Waals surface area contributed by atoms with E-state index in [4.69, 9.17) is 0 Å². The van der Waals surface area contributed by atoms with Gasteiger partial charge in [-0.15, -0.1) is 11.3 Å². The number of nitrogens with zero attached hydrogens (tertiary/aromatic N) is 3. The largest absolute Gasteiger partial charge is 0.371 e. The van der Waals surface area contributed by atoms with Gasteiger partial charge in [0.15, 0.2) is 0 Å². The molecule has 0 bridgehead atoms. The highest BCUT2D eigenvalue weighted by atomic mass is 32.2. The number of hydrogen-bond donors (Lipinski definition) is 0. The summed E-state index contributed by atoms with van der Waals surface area (Å²) in [6.07, 6.45) is 4.26. The first-order valence-corrected chi connectivity index (χ1v) is 9.23. The van der Waals surface area contributed by atoms with Gasteiger partial charge in [-0.3, -0.25) is 0 Å². The Morgan fingerprint density at radius 2 is 1.95 bits per heavy atom. The van der Waals surface area contributed by atoms with Crippen LogP contribution in [0.3, 0.4) is 0 Å². The SMILES string of the molecule is Cc1csc2ncnc(Sc3ccccc3N3CCCC3)c12. The fourth-order valence-corrected chi connectivity index (χ4v) is 5.00. The van der Waals surface area contributed by atoms with E-state index in [2.05, 4.69) is 51.4 Å². The lowest BCUT2D eigenvalue weighted by Crippen LogP contribution is -2.18. The molecule has 0 amide bonds. The summed E-state index contributed by atoms with van der Waals surface area (Å²) in [5, 5.41) is 4.43. The summed E-state index contributed by atoms with van der Waals surface area (Å²) in [5.74, 6) is 0. The molecule has 0 saturated carbocycles. The third kappa shape index (κ3) is 2.48. The highest BCUT2D eigenvalue weighted by molar-refractivity contribution is 7.99. The molecule has 0 radical (unpaired) electrons. The summed E-state index contributed by atoms with van der Waals surface area (Å²) < 4.78 is 0. The zero-order chi connectivity index (χ0) is 14.9. The Morgan fingerprint density at radius 3 is 2.82 bits per heavy atom. The van der Waals surface area contributed by atoms with E-state index in [1.807, 2.05) is 0 Å². The average Bonchev–Trinajstić information content (AvgIpc) is 3.19. The summed E-state index contributed by atoms with van der Waals surface area (Å²) in [6.45, 7) is 4.46. The van der Waals surface area contributed by atoms with Gasteiger partial charge in [-0.1, -0.05) is 23.9 Å². The van der Waals surface area contributed by atoms with E-state index < -0.39 is 0 Å². The molecule has 0 spiro atoms. The van der Waals surface area contributed by atoms with Gasteiger partial charge < -0.3 is 4.90 Å². The number of para-hydroxylation sites is 1. The topological polar surface area (TPSA) is 29.0 Å². The molecule has 0 atom stereocenters. The Balaban J connectivity index is 1.75. The van der Waals surface area contributed by atoms with Crippen LogP contribution < -0.4 is 4.90 Å². The van der Waals surface area contributed by atoms with Crippen molar-refractivity contribution in [2.24, 2.45) is 0 Å². The fourth-order valence-electron chi connectivity index (χ4n) is 2.93. The van der Waals surface area contributed by atoms with Crippen LogP contribution in [0.25, 0.3) is 10.2 Å². The quantitative estimate of drug-likeness (QED) is 0.649. The van der Waals surface area contributed by atoms with E-state index in [0.717, 1.165) is 22.9 Å². The zero-order valence-electron chi connectivity index (χ0n) is 12.5. The molecule has 2 aromatic heterocycles. The second-order valence-corrected chi connectivity index (χ2v) is 7.43. The van der Waals surface area contributed by atoms with Gasteiger partial charge in [0.25, 0.3) is 0 Å². The van der Waals surface area contributed by atoms with Gasteiger partial charge in [0.1, 0.15) is 16.2 Å². The lowest BCUT2D eigenvalue weighted by Gasteiger charge is -2.20. The van der Waals surface area contributed by atoms with E-state index in [9.17, 15) is 0 Å². The maximum atomic E-state index is 4.54. The molecule has 1 saturated heterocycles. The molecule has 0 aliphatic carbocycles. The van der Waals surface area contributed by atoms with E-state index in [0.29, 0.717) is 0 Å². The number of benzene rings is 1. The van der Waals surface area contributed by atoms with Crippen LogP contribution in [-0.4, -0.2) is 23.1 Å². The average molecular weight is 327 g/mol. The summed E-state index contributed by atoms with van der Waals surface area (Å²) in [4.78, 5) is 13.8. The minimum absolute atomic E-state index is 1.07. The second-order valence-electron chi connectivity index (χ2n) is 5.54. The van der Waals surface area contributed by atoms with Crippen LogP contribution in [0, 0.1) is 6.92 Å². The number of thiophene rings is 1. The standard InChI is InChI=1S/C17H17N3S2/c1-12-10-21-16-15(12)17(19-11-18-16)22-14-7-3-2-6-13(14)20-8-4-5-9-20/h2-3,6-7,10-11H,4-5,8-9H2,1H3. The molecule has 1 aromatic carbocycles. The first-order valence-electron chi connectivity index (χ1n) is 7.53. The van der Waals surface area contributed by atoms with Gasteiger partial charge in [-0.05, 0) is 42.8 Å². The van der Waals surface area contributed by atoms with Crippen LogP contribution >= 0.6 is 23.1 Å². The molecule has 5 heteroatoms. The third-order valence-electron chi connectivity index (χ3n) is 4.04. The predicted octanol–water partition coefficient (Wildman–Crippen LogP) is 4.75. The van der Waals surface area contributed by atoms with Crippen molar-refractivity contribution in [1.82, 2.24) is 9.97 Å². The molecule has 112 valence electrons. The zero-order valence-corrected chi connectivity index (χ0v) is 14.1. The summed E-state index contributed by atoms with van der Waals surface area (Å²) >= 11 is 3.46. The molecule has 3 aromatic rings. The van der Waals surface area contributed by atoms with Crippen LogP contribution in [0.4, 0.5) is 5.69 Å². The monoisotopic (exact) mass is 327 g/mol. The number of anilines is 1. The van der Waals surface area contributed by atoms with Crippen molar-refractivity contribution in [2.75, 3.05) is 18.0 Å². The molecule has 1 aliphatic rings. The van der Waals surface area contributed by atoms with Crippen LogP contribution in [0.2, 0.25) is 0 Å². The predicted molar refractivity (Wildman–Crippen MR) is 94.2 cm³/mol. The molecule has 0 unspecified atom stereocenters. The molecule has 3 nitrogen and oxygen atoms in total. The molecule has 3 heterocycles. The Bertz CT molecular complexity index is 807. The van der Waals surface area contributed by atoms with E-state index in [1.54, 1.807) is 29.4 Å². The van der Waals surface area contributed by atoms with Gasteiger partial charge in [-0.25, -0.2) is 9.97 Å². The van der Waals surface area contributed by atoms with Gasteiger partial charge in [0, 0.05) is 23.4 Å². The molecule has 4 rings (SSSR count). The van der Waals surface area contributed by atoms with Crippen LogP contribution in [-0.2, 0) is 0 Å². The lowest BCUT2D eigenvalue weighted by molar-refractivity contribution is 0.949. The molecular formula is C17H17N3S2. The number of aromatic nitrogens is 2. The van der Waals surface area contributed by atoms with Crippen molar-refractivity contribution >= 4 is 39.0 Å². The number of rotatable bonds is 3. The first kappa shape index (κ1) is 14.0. The minimum atomic E-state index is 1.07. The van der Waals surface area contributed by atoms with Crippen LogP contribution in [0.15, 0.2) is 45.9 Å². The molecule has 0 N–H and O–H groups in total. The van der Waals surface area contributed by atoms with Crippen molar-refractivity contribution in [3.05, 3.63) is 41.5 Å². The molecule has 22 heavy (non-hydrogen) atoms. The third-order valence-corrected chi connectivity index (χ3v) is 6.11. The highest BCUT2D eigenvalue weighted by Crippen LogP contribution is 2.39. The highest BCUT2D eigenvalue weighted by Gasteiger charge is 2.17. The van der Waals surface area contributed by atoms with Gasteiger partial charge >= 0.3 is 0 Å². The maximum absolute atomic E-state index is 4.54. The van der Waals surface area contributed by atoms with Crippen LogP contribution in [0.1, 0.15) is 18.4 Å². The summed E-state index contributed by atoms with van der Waals surface area (Å²) in [5.41, 5.74) is 2.60. The van der Waals surface area contributed by atoms with Gasteiger partial charge in [0.05, 0.1) is 5.69 Å².